The molecule has 0 aromatic heterocycles. The van der Waals surface area contributed by atoms with Crippen LogP contribution in [0.3, 0.4) is 0 Å². The van der Waals surface area contributed by atoms with Gasteiger partial charge in [0.2, 0.25) is 5.91 Å². The van der Waals surface area contributed by atoms with Gasteiger partial charge in [0.1, 0.15) is 5.75 Å². The van der Waals surface area contributed by atoms with Crippen molar-refractivity contribution >= 4 is 11.9 Å². The smallest absolute Gasteiger partial charge is 0.311 e. The maximum absolute atomic E-state index is 12.9. The molecular weight excluding hydrogens is 294 g/mol. The summed E-state index contributed by atoms with van der Waals surface area (Å²) in [4.78, 5) is 24.2. The van der Waals surface area contributed by atoms with E-state index in [0.717, 1.165) is 37.0 Å². The lowest BCUT2D eigenvalue weighted by molar-refractivity contribution is -0.143. The van der Waals surface area contributed by atoms with Gasteiger partial charge in [0.25, 0.3) is 0 Å². The predicted octanol–water partition coefficient (Wildman–Crippen LogP) is 2.49. The number of aliphatic carboxylic acids is 1. The fourth-order valence-electron chi connectivity index (χ4n) is 3.58. The molecule has 1 amide bonds. The molecule has 5 heteroatoms. The Morgan fingerprint density at radius 3 is 2.48 bits per heavy atom. The van der Waals surface area contributed by atoms with Gasteiger partial charge in [0.15, 0.2) is 0 Å². The van der Waals surface area contributed by atoms with Gasteiger partial charge < -0.3 is 15.2 Å². The van der Waals surface area contributed by atoms with E-state index in [1.807, 2.05) is 24.3 Å². The van der Waals surface area contributed by atoms with Crippen LogP contribution < -0.4 is 10.1 Å². The van der Waals surface area contributed by atoms with Crippen molar-refractivity contribution in [2.45, 2.75) is 43.9 Å². The molecule has 2 N–H and O–H groups in total. The number of carboxylic acid groups (broad SMARTS) is 1. The Morgan fingerprint density at radius 2 is 1.91 bits per heavy atom. The lowest BCUT2D eigenvalue weighted by Crippen LogP contribution is -2.45. The van der Waals surface area contributed by atoms with Gasteiger partial charge in [-0.15, -0.1) is 0 Å². The molecule has 0 saturated heterocycles. The van der Waals surface area contributed by atoms with Gasteiger partial charge in [0, 0.05) is 6.54 Å². The van der Waals surface area contributed by atoms with Crippen molar-refractivity contribution in [1.82, 2.24) is 5.32 Å². The molecular formula is C18H23NO4. The summed E-state index contributed by atoms with van der Waals surface area (Å²) in [5, 5.41) is 12.2. The Kier molecular flexibility index (Phi) is 4.04. The van der Waals surface area contributed by atoms with E-state index in [-0.39, 0.29) is 12.5 Å². The van der Waals surface area contributed by atoms with Crippen LogP contribution in [0.4, 0.5) is 0 Å². The number of carbonyl (C=O) groups is 2. The number of hydrogen-bond acceptors (Lipinski definition) is 3. The highest BCUT2D eigenvalue weighted by molar-refractivity contribution is 5.89. The topological polar surface area (TPSA) is 75.6 Å². The van der Waals surface area contributed by atoms with Crippen LogP contribution in [0.2, 0.25) is 0 Å². The molecule has 1 aromatic rings. The van der Waals surface area contributed by atoms with Crippen LogP contribution in [0.5, 0.6) is 5.75 Å². The Balaban J connectivity index is 1.80. The van der Waals surface area contributed by atoms with E-state index in [4.69, 9.17) is 4.74 Å². The minimum absolute atomic E-state index is 0.0456. The zero-order valence-corrected chi connectivity index (χ0v) is 13.4. The Labute approximate surface area is 136 Å². The number of amides is 1. The Bertz CT molecular complexity index is 615. The van der Waals surface area contributed by atoms with Crippen LogP contribution in [0.15, 0.2) is 24.3 Å². The van der Waals surface area contributed by atoms with Crippen LogP contribution >= 0.6 is 0 Å². The minimum Gasteiger partial charge on any atom is -0.497 e. The molecule has 124 valence electrons. The number of ether oxygens (including phenoxy) is 1. The van der Waals surface area contributed by atoms with Crippen LogP contribution in [0.1, 0.15) is 44.1 Å². The number of carbonyl (C=O) groups excluding carboxylic acids is 1. The summed E-state index contributed by atoms with van der Waals surface area (Å²) in [6.45, 7) is 0.229. The first-order valence-corrected chi connectivity index (χ1v) is 8.19. The number of rotatable bonds is 6. The zero-order valence-electron chi connectivity index (χ0n) is 13.4. The van der Waals surface area contributed by atoms with Gasteiger partial charge >= 0.3 is 5.97 Å². The van der Waals surface area contributed by atoms with Crippen molar-refractivity contribution < 1.29 is 19.4 Å². The van der Waals surface area contributed by atoms with E-state index in [9.17, 15) is 14.7 Å². The second kappa shape index (κ2) is 5.87. The van der Waals surface area contributed by atoms with Crippen molar-refractivity contribution in [3.63, 3.8) is 0 Å². The van der Waals surface area contributed by atoms with Crippen molar-refractivity contribution in [3.05, 3.63) is 29.8 Å². The highest BCUT2D eigenvalue weighted by Crippen LogP contribution is 2.46. The van der Waals surface area contributed by atoms with E-state index < -0.39 is 16.8 Å². The summed E-state index contributed by atoms with van der Waals surface area (Å²) < 4.78 is 5.29. The van der Waals surface area contributed by atoms with Crippen LogP contribution in [0.25, 0.3) is 0 Å². The SMILES string of the molecule is COc1cccc(C2(C(=O)NCC3(C(=O)O)CC3)CCCC2)c1. The summed E-state index contributed by atoms with van der Waals surface area (Å²) in [5.74, 6) is -0.110. The molecule has 0 heterocycles. The molecule has 2 aliphatic rings. The number of carboxylic acids is 1. The lowest BCUT2D eigenvalue weighted by Gasteiger charge is -2.29. The Morgan fingerprint density at radius 1 is 1.22 bits per heavy atom. The van der Waals surface area contributed by atoms with Gasteiger partial charge in [-0.3, -0.25) is 9.59 Å². The van der Waals surface area contributed by atoms with Gasteiger partial charge in [-0.25, -0.2) is 0 Å². The second-order valence-electron chi connectivity index (χ2n) is 6.79. The molecule has 0 spiro atoms. The lowest BCUT2D eigenvalue weighted by atomic mass is 9.77. The van der Waals surface area contributed by atoms with E-state index in [0.29, 0.717) is 12.8 Å². The minimum atomic E-state index is -0.806. The first-order chi connectivity index (χ1) is 11.0. The van der Waals surface area contributed by atoms with Gasteiger partial charge in [-0.1, -0.05) is 25.0 Å². The molecule has 5 nitrogen and oxygen atoms in total. The summed E-state index contributed by atoms with van der Waals surface area (Å²) in [5.41, 5.74) is -0.320. The van der Waals surface area contributed by atoms with Crippen molar-refractivity contribution in [3.8, 4) is 5.75 Å². The second-order valence-corrected chi connectivity index (χ2v) is 6.79. The van der Waals surface area contributed by atoms with Gasteiger partial charge in [-0.05, 0) is 43.4 Å². The number of nitrogens with one attached hydrogen (secondary N) is 1. The number of benzene rings is 1. The maximum atomic E-state index is 12.9. The highest BCUT2D eigenvalue weighted by Gasteiger charge is 2.51. The fraction of sp³-hybridized carbons (Fsp3) is 0.556. The molecule has 23 heavy (non-hydrogen) atoms. The van der Waals surface area contributed by atoms with Crippen molar-refractivity contribution in [2.75, 3.05) is 13.7 Å². The molecule has 0 unspecified atom stereocenters. The van der Waals surface area contributed by atoms with Gasteiger partial charge in [0.05, 0.1) is 17.9 Å². The van der Waals surface area contributed by atoms with E-state index >= 15 is 0 Å². The molecule has 0 radical (unpaired) electrons. The largest absolute Gasteiger partial charge is 0.497 e. The molecule has 0 aliphatic heterocycles. The third-order valence-corrected chi connectivity index (χ3v) is 5.41. The standard InChI is InChI=1S/C18H23NO4/c1-23-14-6-4-5-13(11-14)18(7-2-3-8-18)15(20)19-12-17(9-10-17)16(21)22/h4-6,11H,2-3,7-10,12H2,1H3,(H,19,20)(H,21,22). The molecule has 0 bridgehead atoms. The highest BCUT2D eigenvalue weighted by atomic mass is 16.5. The van der Waals surface area contributed by atoms with E-state index in [1.165, 1.54) is 0 Å². The van der Waals surface area contributed by atoms with E-state index in [2.05, 4.69) is 5.32 Å². The third-order valence-electron chi connectivity index (χ3n) is 5.41. The first kappa shape index (κ1) is 15.8. The van der Waals surface area contributed by atoms with Crippen molar-refractivity contribution in [2.24, 2.45) is 5.41 Å². The average molecular weight is 317 g/mol. The third kappa shape index (κ3) is 2.80. The number of methoxy groups -OCH3 is 1. The summed E-state index contributed by atoms with van der Waals surface area (Å²) in [7, 11) is 1.62. The maximum Gasteiger partial charge on any atom is 0.311 e. The summed E-state index contributed by atoms with van der Waals surface area (Å²) >= 11 is 0. The zero-order chi connectivity index (χ0) is 16.5. The Hall–Kier alpha value is -2.04. The predicted molar refractivity (Wildman–Crippen MR) is 85.5 cm³/mol. The fourth-order valence-corrected chi connectivity index (χ4v) is 3.58. The molecule has 1 aromatic carbocycles. The molecule has 3 rings (SSSR count). The normalized spacial score (nSPS) is 20.7. The monoisotopic (exact) mass is 317 g/mol. The molecule has 2 saturated carbocycles. The van der Waals surface area contributed by atoms with Crippen LogP contribution in [-0.2, 0) is 15.0 Å². The number of hydrogen-bond donors (Lipinski definition) is 2. The van der Waals surface area contributed by atoms with E-state index in [1.54, 1.807) is 7.11 Å². The van der Waals surface area contributed by atoms with Crippen LogP contribution in [-0.4, -0.2) is 30.6 Å². The molecule has 2 fully saturated rings. The van der Waals surface area contributed by atoms with Gasteiger partial charge in [-0.2, -0.15) is 0 Å². The average Bonchev–Trinajstić information content (AvgIpc) is 3.20. The summed E-state index contributed by atoms with van der Waals surface area (Å²) in [6.07, 6.45) is 4.91. The van der Waals surface area contributed by atoms with Crippen molar-refractivity contribution in [1.29, 1.82) is 0 Å². The summed E-state index contributed by atoms with van der Waals surface area (Å²) in [6, 6.07) is 7.67. The van der Waals surface area contributed by atoms with Crippen LogP contribution in [0, 0.1) is 5.41 Å². The first-order valence-electron chi connectivity index (χ1n) is 8.19. The quantitative estimate of drug-likeness (QED) is 0.845. The molecule has 0 atom stereocenters. The molecule has 2 aliphatic carbocycles.